The van der Waals surface area contributed by atoms with Crippen molar-refractivity contribution in [1.82, 2.24) is 4.90 Å². The number of esters is 1. The number of thioether (sulfide) groups is 1. The minimum absolute atomic E-state index is 0.167. The molecule has 0 unspecified atom stereocenters. The number of carbonyl (C=O) groups is 2. The summed E-state index contributed by atoms with van der Waals surface area (Å²) >= 11 is 7.19. The number of amidine groups is 1. The molecule has 1 aromatic heterocycles. The molecule has 0 bridgehead atoms. The predicted octanol–water partition coefficient (Wildman–Crippen LogP) is 5.62. The Labute approximate surface area is 188 Å². The van der Waals surface area contributed by atoms with Crippen LogP contribution in [0.3, 0.4) is 0 Å². The molecular weight excluding hydrogens is 436 g/mol. The normalized spacial score (nSPS) is 16.4. The topological polar surface area (TPSA) is 72.1 Å². The van der Waals surface area contributed by atoms with E-state index in [1.54, 1.807) is 49.5 Å². The number of amides is 1. The van der Waals surface area contributed by atoms with E-state index in [2.05, 4.69) is 4.99 Å². The Morgan fingerprint density at radius 3 is 2.48 bits per heavy atom. The molecule has 1 amide bonds. The molecule has 1 aliphatic rings. The van der Waals surface area contributed by atoms with Crippen LogP contribution < -0.4 is 0 Å². The number of hydrogen-bond acceptors (Lipinski definition) is 6. The molecule has 1 aliphatic heterocycles. The van der Waals surface area contributed by atoms with E-state index in [1.165, 1.54) is 23.8 Å². The molecule has 8 heteroatoms. The van der Waals surface area contributed by atoms with Gasteiger partial charge in [0.1, 0.15) is 11.5 Å². The number of aliphatic imine (C=N–C) groups is 1. The number of likely N-dealkylation sites (N-methyl/N-ethyl adjacent to an activating group) is 1. The highest BCUT2D eigenvalue weighted by Gasteiger charge is 2.30. The van der Waals surface area contributed by atoms with Gasteiger partial charge in [-0.1, -0.05) is 11.6 Å². The maximum Gasteiger partial charge on any atom is 0.337 e. The summed E-state index contributed by atoms with van der Waals surface area (Å²) in [7, 11) is 3.00. The third-order valence-corrected chi connectivity index (χ3v) is 5.86. The predicted molar refractivity (Wildman–Crippen MR) is 122 cm³/mol. The van der Waals surface area contributed by atoms with Gasteiger partial charge >= 0.3 is 5.97 Å². The van der Waals surface area contributed by atoms with Crippen LogP contribution in [0.25, 0.3) is 17.4 Å². The minimum Gasteiger partial charge on any atom is -0.465 e. The van der Waals surface area contributed by atoms with Crippen molar-refractivity contribution in [2.75, 3.05) is 14.2 Å². The van der Waals surface area contributed by atoms with E-state index in [4.69, 9.17) is 20.8 Å². The molecule has 0 spiro atoms. The highest BCUT2D eigenvalue weighted by atomic mass is 35.5. The van der Waals surface area contributed by atoms with E-state index in [9.17, 15) is 9.59 Å². The van der Waals surface area contributed by atoms with Crippen molar-refractivity contribution in [2.45, 2.75) is 0 Å². The van der Waals surface area contributed by atoms with Gasteiger partial charge < -0.3 is 9.15 Å². The zero-order valence-corrected chi connectivity index (χ0v) is 18.2. The molecule has 0 N–H and O–H groups in total. The lowest BCUT2D eigenvalue weighted by Crippen LogP contribution is -2.23. The second-order valence-electron chi connectivity index (χ2n) is 6.62. The summed E-state index contributed by atoms with van der Waals surface area (Å²) in [6, 6.07) is 17.7. The van der Waals surface area contributed by atoms with Gasteiger partial charge in [0.2, 0.25) is 0 Å². The molecule has 156 valence electrons. The van der Waals surface area contributed by atoms with Gasteiger partial charge in [0, 0.05) is 23.7 Å². The largest absolute Gasteiger partial charge is 0.465 e. The summed E-state index contributed by atoms with van der Waals surface area (Å²) in [5, 5.41) is 1.19. The summed E-state index contributed by atoms with van der Waals surface area (Å²) < 4.78 is 10.6. The third-order valence-electron chi connectivity index (χ3n) is 4.55. The van der Waals surface area contributed by atoms with Gasteiger partial charge in [-0.2, -0.15) is 0 Å². The van der Waals surface area contributed by atoms with Gasteiger partial charge in [-0.25, -0.2) is 9.79 Å². The Balaban J connectivity index is 1.54. The molecule has 0 atom stereocenters. The van der Waals surface area contributed by atoms with E-state index in [-0.39, 0.29) is 5.91 Å². The number of furan rings is 1. The average Bonchev–Trinajstić information content (AvgIpc) is 3.35. The fraction of sp³-hybridized carbons (Fsp3) is 0.0870. The Bertz CT molecular complexity index is 1200. The van der Waals surface area contributed by atoms with Crippen molar-refractivity contribution in [1.29, 1.82) is 0 Å². The van der Waals surface area contributed by atoms with E-state index >= 15 is 0 Å². The van der Waals surface area contributed by atoms with Crippen LogP contribution in [0.4, 0.5) is 5.69 Å². The molecule has 2 heterocycles. The number of halogens is 1. The Morgan fingerprint density at radius 1 is 1.10 bits per heavy atom. The smallest absolute Gasteiger partial charge is 0.337 e. The van der Waals surface area contributed by atoms with Gasteiger partial charge in [0.25, 0.3) is 5.91 Å². The van der Waals surface area contributed by atoms with Crippen molar-refractivity contribution >= 4 is 52.2 Å². The lowest BCUT2D eigenvalue weighted by Gasteiger charge is -2.07. The Kier molecular flexibility index (Phi) is 5.97. The van der Waals surface area contributed by atoms with Crippen LogP contribution >= 0.6 is 23.4 Å². The lowest BCUT2D eigenvalue weighted by molar-refractivity contribution is -0.121. The molecule has 0 aliphatic carbocycles. The van der Waals surface area contributed by atoms with Gasteiger partial charge in [0.05, 0.1) is 23.3 Å². The summed E-state index contributed by atoms with van der Waals surface area (Å²) in [6.07, 6.45) is 1.70. The van der Waals surface area contributed by atoms with Crippen LogP contribution in [0, 0.1) is 0 Å². The van der Waals surface area contributed by atoms with Gasteiger partial charge in [-0.3, -0.25) is 9.69 Å². The van der Waals surface area contributed by atoms with Gasteiger partial charge in [0.15, 0.2) is 5.17 Å². The van der Waals surface area contributed by atoms with Crippen molar-refractivity contribution in [3.05, 3.63) is 81.9 Å². The first-order chi connectivity index (χ1) is 14.9. The van der Waals surface area contributed by atoms with Crippen LogP contribution in [0.15, 0.2) is 75.0 Å². The first-order valence-electron chi connectivity index (χ1n) is 9.25. The van der Waals surface area contributed by atoms with Gasteiger partial charge in [-0.05, 0) is 72.4 Å². The van der Waals surface area contributed by atoms with Crippen molar-refractivity contribution < 1.29 is 18.7 Å². The van der Waals surface area contributed by atoms with Crippen LogP contribution in [0.5, 0.6) is 0 Å². The summed E-state index contributed by atoms with van der Waals surface area (Å²) in [4.78, 5) is 30.7. The second kappa shape index (κ2) is 8.83. The molecule has 1 fully saturated rings. The highest BCUT2D eigenvalue weighted by molar-refractivity contribution is 8.18. The highest BCUT2D eigenvalue weighted by Crippen LogP contribution is 2.34. The monoisotopic (exact) mass is 452 g/mol. The number of benzene rings is 2. The standard InChI is InChI=1S/C23H17ClN2O4S/c1-26-21(27)20(13-18-11-12-19(30-18)14-3-7-16(24)8-4-14)31-23(26)25-17-9-5-15(6-10-17)22(28)29-2/h3-13H,1-2H3. The van der Waals surface area contributed by atoms with Crippen LogP contribution in [-0.4, -0.2) is 36.1 Å². The summed E-state index contributed by atoms with van der Waals surface area (Å²) in [5.41, 5.74) is 1.96. The molecular formula is C23H17ClN2O4S. The molecule has 6 nitrogen and oxygen atoms in total. The number of ether oxygens (including phenoxy) is 1. The number of rotatable bonds is 4. The molecule has 2 aromatic carbocycles. The quantitative estimate of drug-likeness (QED) is 0.379. The average molecular weight is 453 g/mol. The lowest BCUT2D eigenvalue weighted by atomic mass is 10.2. The second-order valence-corrected chi connectivity index (χ2v) is 8.06. The van der Waals surface area contributed by atoms with Crippen LogP contribution in [-0.2, 0) is 9.53 Å². The minimum atomic E-state index is -0.414. The third kappa shape index (κ3) is 4.57. The molecule has 1 saturated heterocycles. The Hall–Kier alpha value is -3.29. The first-order valence-corrected chi connectivity index (χ1v) is 10.4. The van der Waals surface area contributed by atoms with E-state index in [0.717, 1.165) is 5.56 Å². The maximum atomic E-state index is 12.6. The van der Waals surface area contributed by atoms with Crippen LogP contribution in [0.1, 0.15) is 16.1 Å². The molecule has 3 aromatic rings. The van der Waals surface area contributed by atoms with Crippen molar-refractivity contribution in [3.63, 3.8) is 0 Å². The fourth-order valence-electron chi connectivity index (χ4n) is 2.88. The fourth-order valence-corrected chi connectivity index (χ4v) is 3.97. The zero-order valence-electron chi connectivity index (χ0n) is 16.7. The summed E-state index contributed by atoms with van der Waals surface area (Å²) in [5.74, 6) is 0.674. The molecule has 4 rings (SSSR count). The molecule has 31 heavy (non-hydrogen) atoms. The van der Waals surface area contributed by atoms with Crippen LogP contribution in [0.2, 0.25) is 5.02 Å². The SMILES string of the molecule is COC(=O)c1ccc(N=C2SC(=Cc3ccc(-c4ccc(Cl)cc4)o3)C(=O)N2C)cc1. The van der Waals surface area contributed by atoms with Gasteiger partial charge in [-0.15, -0.1) is 0 Å². The molecule has 0 saturated carbocycles. The first kappa shape index (κ1) is 21.0. The van der Waals surface area contributed by atoms with Crippen molar-refractivity contribution in [2.24, 2.45) is 4.99 Å². The van der Waals surface area contributed by atoms with E-state index in [1.807, 2.05) is 24.3 Å². The van der Waals surface area contributed by atoms with Crippen molar-refractivity contribution in [3.8, 4) is 11.3 Å². The van der Waals surface area contributed by atoms with E-state index in [0.29, 0.717) is 37.9 Å². The molecule has 0 radical (unpaired) electrons. The van der Waals surface area contributed by atoms with E-state index < -0.39 is 5.97 Å². The number of hydrogen-bond donors (Lipinski definition) is 0. The number of methoxy groups -OCH3 is 1. The maximum absolute atomic E-state index is 12.6. The zero-order chi connectivity index (χ0) is 22.0. The number of carbonyl (C=O) groups excluding carboxylic acids is 2. The Morgan fingerprint density at radius 2 is 1.81 bits per heavy atom. The number of nitrogens with zero attached hydrogens (tertiary/aromatic N) is 2. The summed E-state index contributed by atoms with van der Waals surface area (Å²) in [6.45, 7) is 0.